The Labute approximate surface area is 443 Å². The summed E-state index contributed by atoms with van der Waals surface area (Å²) >= 11 is 0. The first-order valence-corrected chi connectivity index (χ1v) is 26.2. The molecule has 2 aliphatic carbocycles. The summed E-state index contributed by atoms with van der Waals surface area (Å²) in [6.07, 6.45) is 10.5. The Kier molecular flexibility index (Phi) is 13.0. The zero-order valence-electron chi connectivity index (χ0n) is 42.1. The van der Waals surface area contributed by atoms with E-state index in [9.17, 15) is 0 Å². The van der Waals surface area contributed by atoms with Crippen molar-refractivity contribution in [1.29, 1.82) is 0 Å². The molecule has 2 aliphatic rings. The van der Waals surface area contributed by atoms with Gasteiger partial charge in [0.1, 0.15) is 45.9 Å². The maximum Gasteiger partial charge on any atom is 0.198 e. The lowest BCUT2D eigenvalue weighted by Crippen LogP contribution is -2.43. The van der Waals surface area contributed by atoms with Crippen LogP contribution in [0.3, 0.4) is 0 Å². The van der Waals surface area contributed by atoms with Gasteiger partial charge in [-0.25, -0.2) is 17.6 Å². The number of fused-ring (bicyclic) bond motifs is 6. The van der Waals surface area contributed by atoms with Crippen molar-refractivity contribution in [2.24, 2.45) is 0 Å². The highest BCUT2D eigenvalue weighted by atomic mass is 19.1. The molecule has 2 aromatic heterocycles. The largest absolute Gasteiger partial charge is 0.457 e. The van der Waals surface area contributed by atoms with Crippen molar-refractivity contribution in [2.45, 2.75) is 62.4 Å². The van der Waals surface area contributed by atoms with Crippen LogP contribution >= 0.6 is 0 Å². The summed E-state index contributed by atoms with van der Waals surface area (Å²) in [6, 6.07) is 58.1. The van der Waals surface area contributed by atoms with Crippen LogP contribution in [0, 0.1) is 23.3 Å². The van der Waals surface area contributed by atoms with Gasteiger partial charge in [0.15, 0.2) is 11.6 Å². The molecular formula is C68H52F4N2O3. The standard InChI is InChI=1S/C68H52F4N2O3/c69-53-31-17-32-54(70)63(53)65(75)67(73-57-35-11-7-27-49(57)50-28-8-12-36-58(50)73)41-39-61(47(43-67)25-15-23-45-19-3-1-4-20-45)77-62-40-42-68(66(76)64-55(71)33-18-34-56(64)72,44-48(62)26-16-24-46-21-5-2-6-22-46)74-59-37-13-9-29-51(59)52-30-10-14-38-60(52)74/h1-14,17-22,27-42H,15-16,23-26,43-44H2. The topological polar surface area (TPSA) is 53.2 Å². The van der Waals surface area contributed by atoms with E-state index in [1.54, 1.807) is 24.3 Å². The first-order chi connectivity index (χ1) is 37.6. The van der Waals surface area contributed by atoms with Gasteiger partial charge in [0.2, 0.25) is 0 Å². The molecule has 0 N–H and O–H groups in total. The van der Waals surface area contributed by atoms with E-state index in [1.165, 1.54) is 12.1 Å². The molecule has 5 nitrogen and oxygen atoms in total. The van der Waals surface area contributed by atoms with E-state index in [1.807, 2.05) is 143 Å². The number of carbonyl (C=O) groups is 2. The van der Waals surface area contributed by atoms with E-state index in [-0.39, 0.29) is 12.8 Å². The minimum absolute atomic E-state index is 0.000432. The fourth-order valence-corrected chi connectivity index (χ4v) is 12.1. The summed E-state index contributed by atoms with van der Waals surface area (Å²) in [6.45, 7) is 0. The average Bonchev–Trinajstić information content (AvgIpc) is 4.18. The Morgan fingerprint density at radius 3 is 1.04 bits per heavy atom. The zero-order chi connectivity index (χ0) is 52.7. The first-order valence-electron chi connectivity index (χ1n) is 26.2. The van der Waals surface area contributed by atoms with E-state index in [0.29, 0.717) is 72.1 Å². The maximum absolute atomic E-state index is 16.2. The number of hydrogen-bond acceptors (Lipinski definition) is 3. The molecule has 12 rings (SSSR count). The van der Waals surface area contributed by atoms with Gasteiger partial charge in [-0.3, -0.25) is 9.59 Å². The van der Waals surface area contributed by atoms with E-state index in [0.717, 1.165) is 68.1 Å². The summed E-state index contributed by atoms with van der Waals surface area (Å²) in [4.78, 5) is 31.3. The molecule has 0 fully saturated rings. The highest BCUT2D eigenvalue weighted by molar-refractivity contribution is 6.14. The van der Waals surface area contributed by atoms with E-state index >= 15 is 27.2 Å². The fraction of sp³-hybridized carbons (Fsp3) is 0.147. The quantitative estimate of drug-likeness (QED) is 0.0716. The highest BCUT2D eigenvalue weighted by Crippen LogP contribution is 2.48. The van der Waals surface area contributed by atoms with Crippen LogP contribution in [-0.2, 0) is 28.7 Å². The van der Waals surface area contributed by atoms with Crippen LogP contribution in [-0.4, -0.2) is 20.7 Å². The van der Waals surface area contributed by atoms with Crippen molar-refractivity contribution in [1.82, 2.24) is 9.13 Å². The van der Waals surface area contributed by atoms with Gasteiger partial charge in [-0.15, -0.1) is 0 Å². The number of benzene rings is 8. The van der Waals surface area contributed by atoms with Crippen molar-refractivity contribution in [3.63, 3.8) is 0 Å². The Hall–Kier alpha value is -8.82. The van der Waals surface area contributed by atoms with Crippen LogP contribution in [0.15, 0.2) is 241 Å². The minimum atomic E-state index is -1.68. The second-order valence-corrected chi connectivity index (χ2v) is 20.2. The second kappa shape index (κ2) is 20.4. The van der Waals surface area contributed by atoms with Gasteiger partial charge in [-0.2, -0.15) is 0 Å². The van der Waals surface area contributed by atoms with Crippen LogP contribution in [0.2, 0.25) is 0 Å². The average molecular weight is 1020 g/mol. The highest BCUT2D eigenvalue weighted by Gasteiger charge is 2.48. The third kappa shape index (κ3) is 8.69. The van der Waals surface area contributed by atoms with Crippen molar-refractivity contribution in [2.75, 3.05) is 0 Å². The first kappa shape index (κ1) is 49.1. The van der Waals surface area contributed by atoms with Gasteiger partial charge in [-0.05, 0) is 134 Å². The second-order valence-electron chi connectivity index (χ2n) is 20.2. The van der Waals surface area contributed by atoms with Gasteiger partial charge >= 0.3 is 0 Å². The van der Waals surface area contributed by atoms with E-state index < -0.39 is 57.0 Å². The summed E-state index contributed by atoms with van der Waals surface area (Å²) in [5, 5.41) is 3.51. The molecule has 2 unspecified atom stereocenters. The van der Waals surface area contributed by atoms with Gasteiger partial charge in [0.25, 0.3) is 0 Å². The van der Waals surface area contributed by atoms with Gasteiger partial charge in [0.05, 0.1) is 33.2 Å². The number of ether oxygens (including phenoxy) is 1. The fourth-order valence-electron chi connectivity index (χ4n) is 12.1. The Bertz CT molecular complexity index is 3660. The van der Waals surface area contributed by atoms with Crippen LogP contribution in [0.1, 0.15) is 70.4 Å². The number of para-hydroxylation sites is 4. The molecule has 0 aliphatic heterocycles. The molecule has 2 heterocycles. The lowest BCUT2D eigenvalue weighted by Gasteiger charge is -2.38. The summed E-state index contributed by atoms with van der Waals surface area (Å²) < 4.78 is 75.7. The monoisotopic (exact) mass is 1020 g/mol. The maximum atomic E-state index is 16.2. The normalized spacial score (nSPS) is 17.6. The third-order valence-electron chi connectivity index (χ3n) is 15.6. The summed E-state index contributed by atoms with van der Waals surface area (Å²) in [5.41, 5.74) is 1.95. The Balaban J connectivity index is 1.04. The molecule has 0 bridgehead atoms. The van der Waals surface area contributed by atoms with Crippen LogP contribution in [0.5, 0.6) is 0 Å². The lowest BCUT2D eigenvalue weighted by molar-refractivity contribution is 0.0849. The van der Waals surface area contributed by atoms with E-state index in [2.05, 4.69) is 24.3 Å². The Morgan fingerprint density at radius 1 is 0.390 bits per heavy atom. The number of carbonyl (C=O) groups excluding carboxylic acids is 2. The minimum Gasteiger partial charge on any atom is -0.457 e. The molecule has 10 aromatic rings. The van der Waals surface area contributed by atoms with Gasteiger partial charge in [0, 0.05) is 34.4 Å². The van der Waals surface area contributed by atoms with E-state index in [4.69, 9.17) is 4.74 Å². The van der Waals surface area contributed by atoms with Crippen LogP contribution in [0.25, 0.3) is 43.6 Å². The lowest BCUT2D eigenvalue weighted by atomic mass is 9.77. The zero-order valence-corrected chi connectivity index (χ0v) is 42.1. The molecule has 8 aromatic carbocycles. The van der Waals surface area contributed by atoms with Crippen molar-refractivity contribution < 1.29 is 31.9 Å². The molecule has 2 atom stereocenters. The predicted molar refractivity (Wildman–Crippen MR) is 298 cm³/mol. The molecule has 380 valence electrons. The van der Waals surface area contributed by atoms with Crippen LogP contribution < -0.4 is 0 Å². The number of nitrogens with zero attached hydrogens (tertiary/aromatic N) is 2. The number of ketones is 2. The molecule has 0 amide bonds. The summed E-state index contributed by atoms with van der Waals surface area (Å²) in [5.74, 6) is -4.44. The molecular weight excluding hydrogens is 969 g/mol. The smallest absolute Gasteiger partial charge is 0.198 e. The molecule has 0 radical (unpaired) electrons. The van der Waals surface area contributed by atoms with Crippen molar-refractivity contribution in [3.8, 4) is 0 Å². The number of aromatic nitrogens is 2. The number of hydrogen-bond donors (Lipinski definition) is 0. The number of rotatable bonds is 16. The van der Waals surface area contributed by atoms with Gasteiger partial charge < -0.3 is 13.9 Å². The molecule has 0 saturated carbocycles. The summed E-state index contributed by atoms with van der Waals surface area (Å²) in [7, 11) is 0. The number of halogens is 4. The molecule has 9 heteroatoms. The number of Topliss-reactive ketones (excluding diaryl/α,β-unsaturated/α-hetero) is 2. The third-order valence-corrected chi connectivity index (χ3v) is 15.6. The van der Waals surface area contributed by atoms with Crippen LogP contribution in [0.4, 0.5) is 17.6 Å². The van der Waals surface area contributed by atoms with Gasteiger partial charge in [-0.1, -0.05) is 146 Å². The van der Waals surface area contributed by atoms with Crippen molar-refractivity contribution in [3.05, 3.63) is 287 Å². The SMILES string of the molecule is O=C(c1c(F)cccc1F)C1(n2c3ccccc3c3ccccc32)C=CC(OC2=C(CCCc3ccccc3)CC(C(=O)c3c(F)cccc3F)(n3c4ccccc4c4ccccc43)C=C2)=C(CCCc2ccccc2)C1. The molecule has 77 heavy (non-hydrogen) atoms. The Morgan fingerprint density at radius 2 is 0.701 bits per heavy atom. The predicted octanol–water partition coefficient (Wildman–Crippen LogP) is 16.8. The number of aryl methyl sites for hydroxylation is 2. The van der Waals surface area contributed by atoms with Crippen molar-refractivity contribution >= 4 is 55.2 Å². The molecule has 0 spiro atoms. The number of allylic oxidation sites excluding steroid dienone is 6. The molecule has 0 saturated heterocycles.